The Kier molecular flexibility index (Phi) is 4.26. The van der Waals surface area contributed by atoms with Crippen molar-refractivity contribution in [1.29, 1.82) is 0 Å². The lowest BCUT2D eigenvalue weighted by molar-refractivity contribution is 0.0345. The average molecular weight is 281 g/mol. The Morgan fingerprint density at radius 3 is 2.50 bits per heavy atom. The fourth-order valence-corrected chi connectivity index (χ4v) is 2.37. The highest BCUT2D eigenvalue weighted by Crippen LogP contribution is 2.18. The van der Waals surface area contributed by atoms with Crippen LogP contribution in [0.15, 0.2) is 6.07 Å². The zero-order valence-electron chi connectivity index (χ0n) is 12.0. The lowest BCUT2D eigenvalue weighted by Gasteiger charge is -2.37. The molecule has 1 aromatic heterocycles. The molecule has 2 heterocycles. The van der Waals surface area contributed by atoms with Gasteiger partial charge in [-0.15, -0.1) is 0 Å². The molecule has 0 aromatic carbocycles. The summed E-state index contributed by atoms with van der Waals surface area (Å²) in [4.78, 5) is 12.6. The van der Waals surface area contributed by atoms with E-state index in [1.807, 2.05) is 13.8 Å². The van der Waals surface area contributed by atoms with Gasteiger partial charge in [-0.3, -0.25) is 4.90 Å². The number of β-amino-alcohol motifs (C(OH)–C–C–N with tert-alkyl or cyclic N) is 1. The molecule has 20 heavy (non-hydrogen) atoms. The Bertz CT molecular complexity index is 452. The maximum atomic E-state index is 9.84. The van der Waals surface area contributed by atoms with E-state index in [2.05, 4.69) is 25.2 Å². The second-order valence-electron chi connectivity index (χ2n) is 5.69. The number of hydrogen-bond donors (Lipinski definition) is 4. The third-order valence-corrected chi connectivity index (χ3v) is 3.18. The number of hydrazine groups is 1. The second kappa shape index (κ2) is 5.78. The minimum Gasteiger partial charge on any atom is -0.389 e. The van der Waals surface area contributed by atoms with Gasteiger partial charge in [0.05, 0.1) is 5.60 Å². The van der Waals surface area contributed by atoms with Crippen molar-refractivity contribution >= 4 is 17.6 Å². The van der Waals surface area contributed by atoms with E-state index in [1.54, 1.807) is 6.07 Å². The molecule has 0 radical (unpaired) electrons. The number of nitrogen functional groups attached to an aromatic ring is 2. The molecule has 1 aliphatic heterocycles. The van der Waals surface area contributed by atoms with E-state index in [4.69, 9.17) is 11.6 Å². The summed E-state index contributed by atoms with van der Waals surface area (Å²) in [6, 6.07) is 1.78. The van der Waals surface area contributed by atoms with Crippen molar-refractivity contribution in [3.8, 4) is 0 Å². The van der Waals surface area contributed by atoms with E-state index >= 15 is 0 Å². The zero-order chi connectivity index (χ0) is 14.8. The summed E-state index contributed by atoms with van der Waals surface area (Å²) in [5.41, 5.74) is 7.48. The van der Waals surface area contributed by atoms with Crippen LogP contribution in [0.5, 0.6) is 0 Å². The molecule has 0 saturated carbocycles. The number of aromatic nitrogens is 2. The summed E-state index contributed by atoms with van der Waals surface area (Å²) in [6.45, 7) is 7.72. The first kappa shape index (κ1) is 14.8. The van der Waals surface area contributed by atoms with Crippen LogP contribution in [0.3, 0.4) is 0 Å². The summed E-state index contributed by atoms with van der Waals surface area (Å²) in [7, 11) is 0. The molecule has 8 nitrogen and oxygen atoms in total. The highest BCUT2D eigenvalue weighted by atomic mass is 16.3. The van der Waals surface area contributed by atoms with Crippen LogP contribution in [0.25, 0.3) is 0 Å². The smallest absolute Gasteiger partial charge is 0.223 e. The molecule has 8 heteroatoms. The number of hydrogen-bond acceptors (Lipinski definition) is 8. The average Bonchev–Trinajstić information content (AvgIpc) is 2.37. The highest BCUT2D eigenvalue weighted by molar-refractivity contribution is 5.52. The molecule has 1 fully saturated rings. The molecule has 0 aliphatic carbocycles. The van der Waals surface area contributed by atoms with Crippen LogP contribution in [-0.2, 0) is 0 Å². The van der Waals surface area contributed by atoms with Crippen LogP contribution in [0.2, 0.25) is 0 Å². The van der Waals surface area contributed by atoms with Gasteiger partial charge in [0.2, 0.25) is 5.95 Å². The summed E-state index contributed by atoms with van der Waals surface area (Å²) in [5, 5.41) is 9.84. The zero-order valence-corrected chi connectivity index (χ0v) is 12.0. The lowest BCUT2D eigenvalue weighted by Crippen LogP contribution is -2.50. The van der Waals surface area contributed by atoms with Crippen LogP contribution >= 0.6 is 0 Å². The monoisotopic (exact) mass is 281 g/mol. The van der Waals surface area contributed by atoms with Crippen molar-refractivity contribution in [3.05, 3.63) is 6.07 Å². The largest absolute Gasteiger partial charge is 0.389 e. The number of piperazine rings is 1. The predicted molar refractivity (Wildman–Crippen MR) is 79.2 cm³/mol. The quantitative estimate of drug-likeness (QED) is 0.420. The normalized spacial score (nSPS) is 17.3. The number of aliphatic hydroxyl groups is 1. The molecule has 0 atom stereocenters. The third kappa shape index (κ3) is 3.92. The van der Waals surface area contributed by atoms with E-state index in [9.17, 15) is 5.11 Å². The van der Waals surface area contributed by atoms with Crippen molar-refractivity contribution in [2.75, 3.05) is 48.8 Å². The summed E-state index contributed by atoms with van der Waals surface area (Å²) >= 11 is 0. The van der Waals surface area contributed by atoms with Gasteiger partial charge >= 0.3 is 0 Å². The number of nitrogens with one attached hydrogen (secondary N) is 1. The molecule has 1 aliphatic rings. The van der Waals surface area contributed by atoms with Gasteiger partial charge in [0.15, 0.2) is 0 Å². The van der Waals surface area contributed by atoms with Crippen molar-refractivity contribution in [2.45, 2.75) is 19.4 Å². The van der Waals surface area contributed by atoms with E-state index in [-0.39, 0.29) is 5.95 Å². The Hall–Kier alpha value is -1.64. The van der Waals surface area contributed by atoms with Crippen molar-refractivity contribution in [1.82, 2.24) is 14.9 Å². The van der Waals surface area contributed by atoms with E-state index in [0.717, 1.165) is 32.0 Å². The standard InChI is InChI=1S/C12H23N7O/c1-12(2,20)8-18-3-5-19(6-4-18)10-7-9(17-14)15-11(13)16-10/h7,20H,3-6,8,14H2,1-2H3,(H3,13,15,16,17). The highest BCUT2D eigenvalue weighted by Gasteiger charge is 2.23. The lowest BCUT2D eigenvalue weighted by atomic mass is 10.1. The summed E-state index contributed by atoms with van der Waals surface area (Å²) < 4.78 is 0. The molecule has 112 valence electrons. The molecule has 1 saturated heterocycles. The van der Waals surface area contributed by atoms with Crippen LogP contribution in [0, 0.1) is 0 Å². The Morgan fingerprint density at radius 1 is 1.30 bits per heavy atom. The van der Waals surface area contributed by atoms with Crippen molar-refractivity contribution in [2.24, 2.45) is 5.84 Å². The van der Waals surface area contributed by atoms with Crippen molar-refractivity contribution < 1.29 is 5.11 Å². The molecule has 1 aromatic rings. The Morgan fingerprint density at radius 2 is 1.95 bits per heavy atom. The summed E-state index contributed by atoms with van der Waals surface area (Å²) in [5.74, 6) is 6.84. The minimum absolute atomic E-state index is 0.203. The number of anilines is 3. The maximum absolute atomic E-state index is 9.84. The van der Waals surface area contributed by atoms with Gasteiger partial charge in [-0.1, -0.05) is 0 Å². The Labute approximate surface area is 118 Å². The van der Waals surface area contributed by atoms with Gasteiger partial charge in [0.25, 0.3) is 0 Å². The maximum Gasteiger partial charge on any atom is 0.223 e. The van der Waals surface area contributed by atoms with Gasteiger partial charge in [0.1, 0.15) is 11.6 Å². The van der Waals surface area contributed by atoms with E-state index < -0.39 is 5.60 Å². The molecule has 0 unspecified atom stereocenters. The predicted octanol–water partition coefficient (Wildman–Crippen LogP) is -0.763. The molecular formula is C12H23N7O. The number of rotatable bonds is 4. The van der Waals surface area contributed by atoms with Crippen molar-refractivity contribution in [3.63, 3.8) is 0 Å². The molecule has 0 spiro atoms. The van der Waals surface area contributed by atoms with Crippen LogP contribution in [0.1, 0.15) is 13.8 Å². The minimum atomic E-state index is -0.668. The SMILES string of the molecule is CC(C)(O)CN1CCN(c2cc(NN)nc(N)n2)CC1. The van der Waals surface area contributed by atoms with Gasteiger partial charge in [-0.25, -0.2) is 5.84 Å². The summed E-state index contributed by atoms with van der Waals surface area (Å²) in [6.07, 6.45) is 0. The second-order valence-corrected chi connectivity index (χ2v) is 5.69. The molecule has 0 bridgehead atoms. The van der Waals surface area contributed by atoms with E-state index in [1.165, 1.54) is 0 Å². The van der Waals surface area contributed by atoms with Gasteiger partial charge in [-0.05, 0) is 13.8 Å². The van der Waals surface area contributed by atoms with Gasteiger partial charge in [0, 0.05) is 38.8 Å². The Balaban J connectivity index is 1.98. The first-order chi connectivity index (χ1) is 9.37. The molecule has 6 N–H and O–H groups in total. The topological polar surface area (TPSA) is 117 Å². The first-order valence-corrected chi connectivity index (χ1v) is 6.68. The van der Waals surface area contributed by atoms with Crippen LogP contribution in [-0.4, -0.2) is 58.3 Å². The van der Waals surface area contributed by atoms with Gasteiger partial charge < -0.3 is 21.2 Å². The van der Waals surface area contributed by atoms with E-state index in [0.29, 0.717) is 12.4 Å². The number of nitrogens with two attached hydrogens (primary N) is 2. The van der Waals surface area contributed by atoms with Gasteiger partial charge in [-0.2, -0.15) is 9.97 Å². The number of nitrogens with zero attached hydrogens (tertiary/aromatic N) is 4. The van der Waals surface area contributed by atoms with Crippen LogP contribution < -0.4 is 21.9 Å². The fourth-order valence-electron chi connectivity index (χ4n) is 2.37. The third-order valence-electron chi connectivity index (χ3n) is 3.18. The molecule has 2 rings (SSSR count). The first-order valence-electron chi connectivity index (χ1n) is 6.68. The molecular weight excluding hydrogens is 258 g/mol. The van der Waals surface area contributed by atoms with Crippen LogP contribution in [0.4, 0.5) is 17.6 Å². The molecule has 0 amide bonds. The fraction of sp³-hybridized carbons (Fsp3) is 0.667.